The van der Waals surface area contributed by atoms with Crippen LogP contribution in [0.25, 0.3) is 10.1 Å². The molecule has 0 saturated heterocycles. The first-order valence-electron chi connectivity index (χ1n) is 4.92. The smallest absolute Gasteiger partial charge is 0.227 e. The molecule has 2 heterocycles. The van der Waals surface area contributed by atoms with Gasteiger partial charge in [0.15, 0.2) is 11.5 Å². The second-order valence-electron chi connectivity index (χ2n) is 3.54. The van der Waals surface area contributed by atoms with E-state index in [1.165, 1.54) is 11.3 Å². The Morgan fingerprint density at radius 1 is 1.29 bits per heavy atom. The second-order valence-corrected chi connectivity index (χ2v) is 5.38. The van der Waals surface area contributed by atoms with E-state index in [-0.39, 0.29) is 5.12 Å². The van der Waals surface area contributed by atoms with Gasteiger partial charge in [-0.1, -0.05) is 24.2 Å². The van der Waals surface area contributed by atoms with Gasteiger partial charge >= 0.3 is 0 Å². The Bertz CT molecular complexity index is 621. The maximum atomic E-state index is 11.3. The Hall–Kier alpha value is -0.910. The van der Waals surface area contributed by atoms with Crippen LogP contribution in [0.4, 0.5) is 0 Å². The number of ether oxygens (including phenoxy) is 2. The number of fused-ring (bicyclic) bond motifs is 2. The number of thiophene rings is 1. The average molecular weight is 287 g/mol. The van der Waals surface area contributed by atoms with Crippen molar-refractivity contribution in [2.45, 2.75) is 0 Å². The fourth-order valence-corrected chi connectivity index (χ4v) is 3.41. The quantitative estimate of drug-likeness (QED) is 0.816. The van der Waals surface area contributed by atoms with Crippen LogP contribution in [0.5, 0.6) is 11.5 Å². The molecule has 0 aliphatic carbocycles. The summed E-state index contributed by atoms with van der Waals surface area (Å²) in [5.74, 6) is 1.36. The predicted molar refractivity (Wildman–Crippen MR) is 71.1 cm³/mol. The summed E-state index contributed by atoms with van der Waals surface area (Å²) in [5.41, 5.74) is 0. The Kier molecular flexibility index (Phi) is 2.69. The number of carbonyl (C=O) groups is 1. The van der Waals surface area contributed by atoms with E-state index in [0.717, 1.165) is 10.1 Å². The fourth-order valence-electron chi connectivity index (χ4n) is 1.74. The lowest BCUT2D eigenvalue weighted by Gasteiger charge is -2.18. The molecular formula is C11H7ClO3S2. The van der Waals surface area contributed by atoms with E-state index >= 15 is 0 Å². The molecule has 1 aromatic heterocycles. The molecule has 17 heavy (non-hydrogen) atoms. The summed E-state index contributed by atoms with van der Waals surface area (Å²) in [6.07, 6.45) is 0. The molecule has 1 aliphatic rings. The minimum Gasteiger partial charge on any atom is -0.486 e. The zero-order valence-corrected chi connectivity index (χ0v) is 11.0. The summed E-state index contributed by atoms with van der Waals surface area (Å²) in [5, 5.41) is 0.913. The molecule has 0 bridgehead atoms. The number of rotatable bonds is 1. The minimum absolute atomic E-state index is 0.323. The van der Waals surface area contributed by atoms with E-state index < -0.39 is 0 Å². The molecule has 0 saturated carbocycles. The summed E-state index contributed by atoms with van der Waals surface area (Å²) in [6, 6.07) is 3.66. The number of hydrogen-bond acceptors (Lipinski definition) is 4. The average Bonchev–Trinajstić information content (AvgIpc) is 2.64. The highest BCUT2D eigenvalue weighted by atomic mass is 35.5. The van der Waals surface area contributed by atoms with Crippen LogP contribution in [0.2, 0.25) is 5.02 Å². The van der Waals surface area contributed by atoms with Crippen molar-refractivity contribution >= 4 is 50.8 Å². The molecule has 0 unspecified atom stereocenters. The molecule has 0 amide bonds. The van der Waals surface area contributed by atoms with E-state index in [4.69, 9.17) is 21.1 Å². The van der Waals surface area contributed by atoms with Crippen molar-refractivity contribution in [3.8, 4) is 11.5 Å². The van der Waals surface area contributed by atoms with Gasteiger partial charge in [-0.3, -0.25) is 4.79 Å². The Labute approximate surface area is 112 Å². The largest absolute Gasteiger partial charge is 0.486 e. The highest BCUT2D eigenvalue weighted by Crippen LogP contribution is 2.42. The summed E-state index contributed by atoms with van der Waals surface area (Å²) >= 11 is 11.3. The number of carbonyl (C=O) groups excluding carboxylic acids is 1. The number of benzene rings is 1. The molecule has 0 radical (unpaired) electrons. The van der Waals surface area contributed by atoms with Crippen molar-refractivity contribution in [2.24, 2.45) is 0 Å². The van der Waals surface area contributed by atoms with Crippen molar-refractivity contribution in [3.05, 3.63) is 22.0 Å². The third-order valence-electron chi connectivity index (χ3n) is 2.49. The molecule has 0 atom stereocenters. The van der Waals surface area contributed by atoms with E-state index in [1.807, 2.05) is 12.1 Å². The van der Waals surface area contributed by atoms with E-state index in [0.29, 0.717) is 34.6 Å². The summed E-state index contributed by atoms with van der Waals surface area (Å²) in [4.78, 5) is 11.7. The lowest BCUT2D eigenvalue weighted by atomic mass is 10.2. The molecular weight excluding hydrogens is 280 g/mol. The van der Waals surface area contributed by atoms with Crippen LogP contribution in [-0.2, 0) is 0 Å². The van der Waals surface area contributed by atoms with Crippen LogP contribution in [-0.4, -0.2) is 18.3 Å². The molecule has 1 aliphatic heterocycles. The van der Waals surface area contributed by atoms with Crippen LogP contribution < -0.4 is 9.47 Å². The summed E-state index contributed by atoms with van der Waals surface area (Å²) in [6.45, 7) is 1.06. The first-order valence-corrected chi connectivity index (χ1v) is 6.56. The summed E-state index contributed by atoms with van der Waals surface area (Å²) in [7, 11) is 0. The molecule has 2 aromatic rings. The SMILES string of the molecule is O=C(S)c1sc2cc3c(cc2c1Cl)OCCO3. The minimum atomic E-state index is -0.323. The third-order valence-corrected chi connectivity index (χ3v) is 4.52. The van der Waals surface area contributed by atoms with Crippen LogP contribution in [0.3, 0.4) is 0 Å². The van der Waals surface area contributed by atoms with Gasteiger partial charge in [0, 0.05) is 16.2 Å². The maximum absolute atomic E-state index is 11.3. The first kappa shape index (κ1) is 11.2. The van der Waals surface area contributed by atoms with E-state index in [1.54, 1.807) is 0 Å². The normalized spacial score (nSPS) is 14.0. The van der Waals surface area contributed by atoms with Crippen molar-refractivity contribution in [1.82, 2.24) is 0 Å². The van der Waals surface area contributed by atoms with Gasteiger partial charge in [-0.2, -0.15) is 0 Å². The predicted octanol–water partition coefficient (Wildman–Crippen LogP) is 3.40. The number of hydrogen-bond donors (Lipinski definition) is 1. The van der Waals surface area contributed by atoms with Crippen molar-refractivity contribution in [2.75, 3.05) is 13.2 Å². The molecule has 88 valence electrons. The van der Waals surface area contributed by atoms with Crippen molar-refractivity contribution in [3.63, 3.8) is 0 Å². The standard InChI is InChI=1S/C11H7ClO3S2/c12-9-5-3-6-7(15-2-1-14-6)4-8(5)17-10(9)11(13)16/h3-4H,1-2H2,(H,13,16). The second kappa shape index (κ2) is 4.08. The number of halogens is 1. The van der Waals surface area contributed by atoms with Crippen LogP contribution >= 0.6 is 35.6 Å². The lowest BCUT2D eigenvalue weighted by Crippen LogP contribution is -2.14. The number of thiol groups is 1. The monoisotopic (exact) mass is 286 g/mol. The van der Waals surface area contributed by atoms with Gasteiger partial charge in [0.2, 0.25) is 5.12 Å². The zero-order valence-electron chi connectivity index (χ0n) is 8.53. The highest BCUT2D eigenvalue weighted by molar-refractivity contribution is 7.97. The topological polar surface area (TPSA) is 35.5 Å². The van der Waals surface area contributed by atoms with Gasteiger partial charge in [-0.05, 0) is 6.07 Å². The van der Waals surface area contributed by atoms with E-state index in [2.05, 4.69) is 12.6 Å². The van der Waals surface area contributed by atoms with Crippen molar-refractivity contribution in [1.29, 1.82) is 0 Å². The molecule has 3 nitrogen and oxygen atoms in total. The molecule has 3 rings (SSSR count). The fraction of sp³-hybridized carbons (Fsp3) is 0.182. The Morgan fingerprint density at radius 3 is 2.59 bits per heavy atom. The first-order chi connectivity index (χ1) is 8.16. The van der Waals surface area contributed by atoms with Gasteiger partial charge in [0.25, 0.3) is 0 Å². The van der Waals surface area contributed by atoms with Crippen molar-refractivity contribution < 1.29 is 14.3 Å². The molecule has 0 N–H and O–H groups in total. The van der Waals surface area contributed by atoms with Gasteiger partial charge in [0.1, 0.15) is 18.1 Å². The van der Waals surface area contributed by atoms with Crippen LogP contribution in [0.1, 0.15) is 9.67 Å². The third kappa shape index (κ3) is 1.78. The zero-order chi connectivity index (χ0) is 12.0. The Balaban J connectivity index is 2.27. The molecule has 1 aromatic carbocycles. The van der Waals surface area contributed by atoms with Gasteiger partial charge in [0.05, 0.1) is 5.02 Å². The molecule has 0 fully saturated rings. The maximum Gasteiger partial charge on any atom is 0.227 e. The summed E-state index contributed by atoms with van der Waals surface area (Å²) < 4.78 is 11.8. The highest BCUT2D eigenvalue weighted by Gasteiger charge is 2.19. The molecule has 0 spiro atoms. The van der Waals surface area contributed by atoms with Gasteiger partial charge < -0.3 is 9.47 Å². The van der Waals surface area contributed by atoms with Crippen LogP contribution in [0, 0.1) is 0 Å². The lowest BCUT2D eigenvalue weighted by molar-refractivity contribution is 0.109. The van der Waals surface area contributed by atoms with E-state index in [9.17, 15) is 4.79 Å². The molecule has 6 heteroatoms. The Morgan fingerprint density at radius 2 is 1.94 bits per heavy atom. The van der Waals surface area contributed by atoms with Gasteiger partial charge in [-0.25, -0.2) is 0 Å². The van der Waals surface area contributed by atoms with Crippen LogP contribution in [0.15, 0.2) is 12.1 Å². The van der Waals surface area contributed by atoms with Gasteiger partial charge in [-0.15, -0.1) is 11.3 Å².